The van der Waals surface area contributed by atoms with Crippen LogP contribution in [0.5, 0.6) is 11.5 Å². The van der Waals surface area contributed by atoms with E-state index in [1.165, 1.54) is 12.1 Å². The van der Waals surface area contributed by atoms with Crippen LogP contribution in [0.3, 0.4) is 0 Å². The van der Waals surface area contributed by atoms with Crippen LogP contribution in [0, 0.1) is 17.8 Å². The predicted octanol–water partition coefficient (Wildman–Crippen LogP) is 5.10. The Hall–Kier alpha value is -5.52. The molecule has 0 radical (unpaired) electrons. The quantitative estimate of drug-likeness (QED) is 0.0521. The molecule has 5 N–H and O–H groups in total. The molecule has 1 aliphatic carbocycles. The van der Waals surface area contributed by atoms with Crippen molar-refractivity contribution >= 4 is 52.5 Å². The first-order chi connectivity index (χ1) is 25.7. The van der Waals surface area contributed by atoms with Crippen LogP contribution >= 0.6 is 0 Å². The van der Waals surface area contributed by atoms with Crippen molar-refractivity contribution in [3.8, 4) is 11.5 Å². The number of phenolic OH excluding ortho intramolecular Hbond substituents is 1. The number of aliphatic hydroxyl groups excluding tert-OH is 2. The summed E-state index contributed by atoms with van der Waals surface area (Å²) in [5, 5.41) is 54.7. The van der Waals surface area contributed by atoms with Gasteiger partial charge in [0.1, 0.15) is 18.1 Å². The number of imide groups is 1. The molecule has 0 aromatic heterocycles. The summed E-state index contributed by atoms with van der Waals surface area (Å²) in [6.07, 6.45) is 1.79. The van der Waals surface area contributed by atoms with E-state index < -0.39 is 49.4 Å². The van der Waals surface area contributed by atoms with Gasteiger partial charge in [0, 0.05) is 11.3 Å². The molecule has 0 unspecified atom stereocenters. The Morgan fingerprint density at radius 3 is 2.26 bits per heavy atom. The summed E-state index contributed by atoms with van der Waals surface area (Å²) in [5.74, 6) is -2.79. The van der Waals surface area contributed by atoms with Crippen LogP contribution in [-0.4, -0.2) is 63.6 Å². The third kappa shape index (κ3) is 7.27. The Bertz CT molecular complexity index is 2190. The third-order valence-corrected chi connectivity index (χ3v) is 10.4. The molecule has 2 amide bonds. The Morgan fingerprint density at radius 1 is 0.849 bits per heavy atom. The maximum absolute atomic E-state index is 14.1. The van der Waals surface area contributed by atoms with Gasteiger partial charge < -0.3 is 30.1 Å². The van der Waals surface area contributed by atoms with Crippen LogP contribution < -0.4 is 15.1 Å². The van der Waals surface area contributed by atoms with Crippen LogP contribution in [0.2, 0.25) is 0 Å². The molecule has 0 bridgehead atoms. The number of hydrogen-bond acceptors (Lipinski definition) is 8. The second-order valence-corrected chi connectivity index (χ2v) is 13.6. The molecule has 1 saturated heterocycles. The van der Waals surface area contributed by atoms with Gasteiger partial charge in [-0.3, -0.25) is 14.5 Å². The molecule has 0 saturated carbocycles. The molecular formula is C43H40BNO8. The highest BCUT2D eigenvalue weighted by Gasteiger charge is 2.55. The van der Waals surface area contributed by atoms with Crippen molar-refractivity contribution < 1.29 is 39.7 Å². The first-order valence-electron chi connectivity index (χ1n) is 17.7. The summed E-state index contributed by atoms with van der Waals surface area (Å²) < 4.78 is 6.16. The SMILES string of the molecule is O=C1[C@@H]2[C@@H](CC(COc3ccccc3)=C([C@H](O)CC/C(=C/c3ccc(O)c4ccccc34)c3ccccc3)[C@@H]2CO)C(=O)N1c1cccc(B(O)O)c1. The minimum atomic E-state index is -1.79. The third-order valence-electron chi connectivity index (χ3n) is 10.4. The molecule has 268 valence electrons. The first kappa shape index (κ1) is 35.9. The second-order valence-electron chi connectivity index (χ2n) is 13.6. The molecule has 5 aromatic rings. The van der Waals surface area contributed by atoms with E-state index in [-0.39, 0.29) is 36.3 Å². The van der Waals surface area contributed by atoms with E-state index in [0.717, 1.165) is 32.4 Å². The molecule has 2 aliphatic rings. The average molecular weight is 710 g/mol. The van der Waals surface area contributed by atoms with Crippen molar-refractivity contribution in [3.63, 3.8) is 0 Å². The summed E-state index contributed by atoms with van der Waals surface area (Å²) >= 11 is 0. The lowest BCUT2D eigenvalue weighted by atomic mass is 9.68. The summed E-state index contributed by atoms with van der Waals surface area (Å²) in [4.78, 5) is 29.2. The maximum atomic E-state index is 14.1. The molecule has 10 heteroatoms. The minimum Gasteiger partial charge on any atom is -0.507 e. The van der Waals surface area contributed by atoms with Crippen molar-refractivity contribution in [2.24, 2.45) is 17.8 Å². The fraction of sp³-hybridized carbons (Fsp3) is 0.209. The van der Waals surface area contributed by atoms with Gasteiger partial charge >= 0.3 is 7.12 Å². The number of para-hydroxylation sites is 1. The Morgan fingerprint density at radius 2 is 1.55 bits per heavy atom. The van der Waals surface area contributed by atoms with Gasteiger partial charge in [-0.25, -0.2) is 0 Å². The van der Waals surface area contributed by atoms with E-state index in [4.69, 9.17) is 4.74 Å². The number of carbonyl (C=O) groups excluding carboxylic acids is 2. The average Bonchev–Trinajstić information content (AvgIpc) is 3.44. The molecule has 1 fully saturated rings. The van der Waals surface area contributed by atoms with E-state index in [1.54, 1.807) is 18.2 Å². The number of rotatable bonds is 12. The molecule has 5 aromatic carbocycles. The molecule has 1 heterocycles. The fourth-order valence-corrected chi connectivity index (χ4v) is 7.88. The van der Waals surface area contributed by atoms with Gasteiger partial charge in [-0.05, 0) is 88.3 Å². The van der Waals surface area contributed by atoms with E-state index in [0.29, 0.717) is 23.3 Å². The highest BCUT2D eigenvalue weighted by molar-refractivity contribution is 6.58. The largest absolute Gasteiger partial charge is 0.507 e. The van der Waals surface area contributed by atoms with Gasteiger partial charge in [0.05, 0.1) is 30.2 Å². The van der Waals surface area contributed by atoms with Gasteiger partial charge in [0.15, 0.2) is 0 Å². The molecule has 53 heavy (non-hydrogen) atoms. The number of fused-ring (bicyclic) bond motifs is 2. The van der Waals surface area contributed by atoms with E-state index >= 15 is 0 Å². The second kappa shape index (κ2) is 15.6. The number of anilines is 1. The highest BCUT2D eigenvalue weighted by Crippen LogP contribution is 2.47. The number of aliphatic hydroxyl groups is 2. The highest BCUT2D eigenvalue weighted by atomic mass is 16.5. The number of ether oxygens (including phenoxy) is 1. The van der Waals surface area contributed by atoms with Crippen molar-refractivity contribution in [2.75, 3.05) is 18.1 Å². The zero-order valence-corrected chi connectivity index (χ0v) is 29.0. The lowest BCUT2D eigenvalue weighted by Crippen LogP contribution is -2.40. The van der Waals surface area contributed by atoms with E-state index in [1.807, 2.05) is 91.0 Å². The summed E-state index contributed by atoms with van der Waals surface area (Å²) in [7, 11) is -1.79. The normalized spacial score (nSPS) is 19.4. The summed E-state index contributed by atoms with van der Waals surface area (Å²) in [6.45, 7) is -0.434. The van der Waals surface area contributed by atoms with Crippen molar-refractivity contribution in [1.29, 1.82) is 0 Å². The lowest BCUT2D eigenvalue weighted by molar-refractivity contribution is -0.123. The number of nitrogens with zero attached hydrogens (tertiary/aromatic N) is 1. The zero-order valence-electron chi connectivity index (χ0n) is 29.0. The Kier molecular flexibility index (Phi) is 10.6. The maximum Gasteiger partial charge on any atom is 0.488 e. The number of hydrogen-bond donors (Lipinski definition) is 5. The zero-order chi connectivity index (χ0) is 37.1. The van der Waals surface area contributed by atoms with Crippen molar-refractivity contribution in [1.82, 2.24) is 0 Å². The van der Waals surface area contributed by atoms with Gasteiger partial charge in [-0.15, -0.1) is 0 Å². The van der Waals surface area contributed by atoms with Gasteiger partial charge in [-0.1, -0.05) is 97.1 Å². The van der Waals surface area contributed by atoms with Crippen LogP contribution in [0.25, 0.3) is 22.4 Å². The van der Waals surface area contributed by atoms with Crippen molar-refractivity contribution in [3.05, 3.63) is 144 Å². The molecular weight excluding hydrogens is 669 g/mol. The fourth-order valence-electron chi connectivity index (χ4n) is 7.88. The van der Waals surface area contributed by atoms with Crippen LogP contribution in [0.4, 0.5) is 5.69 Å². The van der Waals surface area contributed by atoms with Gasteiger partial charge in [0.25, 0.3) is 0 Å². The molecule has 0 spiro atoms. The van der Waals surface area contributed by atoms with E-state index in [9.17, 15) is 35.0 Å². The number of amides is 2. The monoisotopic (exact) mass is 709 g/mol. The number of benzene rings is 5. The van der Waals surface area contributed by atoms with Crippen molar-refractivity contribution in [2.45, 2.75) is 25.4 Å². The first-order valence-corrected chi connectivity index (χ1v) is 17.7. The lowest BCUT2D eigenvalue weighted by Gasteiger charge is -2.36. The molecule has 7 rings (SSSR count). The summed E-state index contributed by atoms with van der Waals surface area (Å²) in [5.41, 5.74) is 4.30. The smallest absolute Gasteiger partial charge is 0.488 e. The van der Waals surface area contributed by atoms with Gasteiger partial charge in [0.2, 0.25) is 11.8 Å². The van der Waals surface area contributed by atoms with Gasteiger partial charge in [-0.2, -0.15) is 0 Å². The molecule has 4 atom stereocenters. The molecule has 9 nitrogen and oxygen atoms in total. The summed E-state index contributed by atoms with van der Waals surface area (Å²) in [6, 6.07) is 36.2. The number of aromatic hydroxyl groups is 1. The molecule has 1 aliphatic heterocycles. The van der Waals surface area contributed by atoms with Crippen LogP contribution in [0.1, 0.15) is 30.4 Å². The predicted molar refractivity (Wildman–Crippen MR) is 205 cm³/mol. The Labute approximate surface area is 307 Å². The van der Waals surface area contributed by atoms with E-state index in [2.05, 4.69) is 6.08 Å². The Balaban J connectivity index is 1.24. The number of carbonyl (C=O) groups is 2. The minimum absolute atomic E-state index is 0.0463. The number of allylic oxidation sites excluding steroid dienone is 1. The standard InChI is InChI=1S/C43H40BNO8/c46-25-37-40(39(48)21-18-28(27-10-3-1-4-11-27)22-29-19-20-38(47)35-17-8-7-16-34(29)35)30(26-53-33-14-5-2-6-15-33)23-36-41(37)43(50)45(42(36)49)32-13-9-12-31(24-32)44(51)52/h1-17,19-20,22,24,36-37,39,41,46-48,51-52H,18,21,23,25-26H2/b28-22-/t36-,37+,39-,41-/m1/s1. The number of phenols is 1. The topological polar surface area (TPSA) is 148 Å². The van der Waals surface area contributed by atoms with Crippen LogP contribution in [-0.2, 0) is 9.59 Å². The van der Waals surface area contributed by atoms with Crippen LogP contribution in [0.15, 0.2) is 132 Å².